The fraction of sp³-hybridized carbons (Fsp3) is 0. The lowest BCUT2D eigenvalue weighted by atomic mass is 10.1. The molecule has 5 heteroatoms. The van der Waals surface area contributed by atoms with Crippen molar-refractivity contribution in [3.05, 3.63) is 54.1 Å². The topological polar surface area (TPSA) is 98.0 Å². The number of nitrogen functional groups attached to an aromatic ring is 2. The Morgan fingerprint density at radius 2 is 1.76 bits per heavy atom. The molecule has 3 rings (SSSR count). The molecule has 1 aromatic heterocycles. The number of nitriles is 1. The molecule has 21 heavy (non-hydrogen) atoms. The SMILES string of the molecule is N#Cc1c(N)cc(N)nc1Oc1ccc2ccccc2c1. The number of nitrogens with two attached hydrogens (primary N) is 2. The number of benzene rings is 2. The van der Waals surface area contributed by atoms with Crippen LogP contribution in [0.5, 0.6) is 11.6 Å². The highest BCUT2D eigenvalue weighted by Crippen LogP contribution is 2.30. The van der Waals surface area contributed by atoms with Crippen LogP contribution in [0.1, 0.15) is 5.56 Å². The largest absolute Gasteiger partial charge is 0.438 e. The van der Waals surface area contributed by atoms with Crippen LogP contribution >= 0.6 is 0 Å². The van der Waals surface area contributed by atoms with Crippen LogP contribution in [0.25, 0.3) is 10.8 Å². The average Bonchev–Trinajstić information content (AvgIpc) is 2.47. The van der Waals surface area contributed by atoms with E-state index in [1.807, 2.05) is 48.5 Å². The Hall–Kier alpha value is -3.26. The van der Waals surface area contributed by atoms with Gasteiger partial charge in [-0.2, -0.15) is 10.2 Å². The van der Waals surface area contributed by atoms with Crippen molar-refractivity contribution >= 4 is 22.3 Å². The van der Waals surface area contributed by atoms with Crippen LogP contribution in [0.4, 0.5) is 11.5 Å². The Bertz CT molecular complexity index is 868. The van der Waals surface area contributed by atoms with Crippen molar-refractivity contribution in [1.29, 1.82) is 5.26 Å². The number of aromatic nitrogens is 1. The first-order valence-corrected chi connectivity index (χ1v) is 6.30. The molecule has 102 valence electrons. The molecule has 0 aliphatic rings. The zero-order valence-corrected chi connectivity index (χ0v) is 11.1. The Kier molecular flexibility index (Phi) is 3.05. The summed E-state index contributed by atoms with van der Waals surface area (Å²) < 4.78 is 5.68. The van der Waals surface area contributed by atoms with Gasteiger partial charge in [0.25, 0.3) is 0 Å². The molecule has 0 atom stereocenters. The van der Waals surface area contributed by atoms with Crippen molar-refractivity contribution in [1.82, 2.24) is 4.98 Å². The van der Waals surface area contributed by atoms with Crippen LogP contribution in [0, 0.1) is 11.3 Å². The van der Waals surface area contributed by atoms with Crippen LogP contribution in [0.2, 0.25) is 0 Å². The summed E-state index contributed by atoms with van der Waals surface area (Å²) in [5.74, 6) is 0.898. The van der Waals surface area contributed by atoms with E-state index in [1.54, 1.807) is 0 Å². The number of hydrogen-bond acceptors (Lipinski definition) is 5. The first-order valence-electron chi connectivity index (χ1n) is 6.30. The van der Waals surface area contributed by atoms with Gasteiger partial charge in [0.05, 0.1) is 5.69 Å². The van der Waals surface area contributed by atoms with Gasteiger partial charge in [-0.05, 0) is 22.9 Å². The van der Waals surface area contributed by atoms with E-state index in [0.717, 1.165) is 10.8 Å². The predicted molar refractivity (Wildman–Crippen MR) is 81.8 cm³/mol. The van der Waals surface area contributed by atoms with Crippen molar-refractivity contribution in [2.45, 2.75) is 0 Å². The maximum atomic E-state index is 9.15. The summed E-state index contributed by atoms with van der Waals surface area (Å²) in [6.45, 7) is 0. The lowest BCUT2D eigenvalue weighted by Gasteiger charge is -2.09. The summed E-state index contributed by atoms with van der Waals surface area (Å²) in [5, 5.41) is 11.3. The van der Waals surface area contributed by atoms with Crippen molar-refractivity contribution in [3.63, 3.8) is 0 Å². The van der Waals surface area contributed by atoms with Crippen molar-refractivity contribution in [3.8, 4) is 17.7 Å². The van der Waals surface area contributed by atoms with Gasteiger partial charge in [0.1, 0.15) is 23.2 Å². The van der Waals surface area contributed by atoms with Gasteiger partial charge < -0.3 is 16.2 Å². The summed E-state index contributed by atoms with van der Waals surface area (Å²) >= 11 is 0. The van der Waals surface area contributed by atoms with Crippen LogP contribution in [-0.4, -0.2) is 4.98 Å². The number of hydrogen-bond donors (Lipinski definition) is 2. The monoisotopic (exact) mass is 276 g/mol. The van der Waals surface area contributed by atoms with Gasteiger partial charge >= 0.3 is 0 Å². The lowest BCUT2D eigenvalue weighted by Crippen LogP contribution is -2.01. The Balaban J connectivity index is 2.04. The zero-order chi connectivity index (χ0) is 14.8. The van der Waals surface area contributed by atoms with Crippen LogP contribution in [-0.2, 0) is 0 Å². The van der Waals surface area contributed by atoms with E-state index in [-0.39, 0.29) is 22.9 Å². The highest BCUT2D eigenvalue weighted by molar-refractivity contribution is 5.83. The van der Waals surface area contributed by atoms with Gasteiger partial charge in [-0.15, -0.1) is 0 Å². The van der Waals surface area contributed by atoms with Crippen LogP contribution in [0.15, 0.2) is 48.5 Å². The number of fused-ring (bicyclic) bond motifs is 1. The standard InChI is InChI=1S/C16H12N4O/c17-9-13-14(18)8-15(19)20-16(13)21-12-6-5-10-3-1-2-4-11(10)7-12/h1-8H,(H4,18,19,20). The minimum atomic E-state index is 0.116. The summed E-state index contributed by atoms with van der Waals surface area (Å²) in [4.78, 5) is 4.03. The maximum absolute atomic E-state index is 9.15. The van der Waals surface area contributed by atoms with E-state index in [1.165, 1.54) is 6.07 Å². The van der Waals surface area contributed by atoms with Gasteiger partial charge in [-0.1, -0.05) is 30.3 Å². The molecule has 0 aliphatic carbocycles. The highest BCUT2D eigenvalue weighted by atomic mass is 16.5. The van der Waals surface area contributed by atoms with Gasteiger partial charge in [-0.3, -0.25) is 0 Å². The van der Waals surface area contributed by atoms with Crippen molar-refractivity contribution < 1.29 is 4.74 Å². The predicted octanol–water partition coefficient (Wildman–Crippen LogP) is 3.06. The first-order chi connectivity index (χ1) is 10.2. The maximum Gasteiger partial charge on any atom is 0.241 e. The summed E-state index contributed by atoms with van der Waals surface area (Å²) in [7, 11) is 0. The summed E-state index contributed by atoms with van der Waals surface area (Å²) in [6, 6.07) is 16.9. The van der Waals surface area contributed by atoms with E-state index in [9.17, 15) is 0 Å². The van der Waals surface area contributed by atoms with E-state index in [0.29, 0.717) is 5.75 Å². The molecule has 3 aromatic rings. The first kappa shape index (κ1) is 12.8. The molecule has 0 amide bonds. The number of pyridine rings is 1. The van der Waals surface area contributed by atoms with Gasteiger partial charge in [0.2, 0.25) is 5.88 Å². The third-order valence-electron chi connectivity index (χ3n) is 3.08. The van der Waals surface area contributed by atoms with Crippen LogP contribution < -0.4 is 16.2 Å². The number of nitrogens with zero attached hydrogens (tertiary/aromatic N) is 2. The smallest absolute Gasteiger partial charge is 0.241 e. The van der Waals surface area contributed by atoms with E-state index in [2.05, 4.69) is 4.98 Å². The molecule has 0 saturated carbocycles. The minimum absolute atomic E-state index is 0.116. The highest BCUT2D eigenvalue weighted by Gasteiger charge is 2.12. The molecule has 0 saturated heterocycles. The number of anilines is 2. The fourth-order valence-electron chi connectivity index (χ4n) is 2.09. The second kappa shape index (κ2) is 5.02. The molecular weight excluding hydrogens is 264 g/mol. The molecule has 0 aliphatic heterocycles. The minimum Gasteiger partial charge on any atom is -0.438 e. The number of ether oxygens (including phenoxy) is 1. The molecular formula is C16H12N4O. The molecule has 4 N–H and O–H groups in total. The van der Waals surface area contributed by atoms with Crippen molar-refractivity contribution in [2.24, 2.45) is 0 Å². The summed E-state index contributed by atoms with van der Waals surface area (Å²) in [5.41, 5.74) is 11.8. The van der Waals surface area contributed by atoms with Gasteiger partial charge in [0.15, 0.2) is 0 Å². The Morgan fingerprint density at radius 3 is 2.52 bits per heavy atom. The molecule has 5 nitrogen and oxygen atoms in total. The third kappa shape index (κ3) is 2.42. The molecule has 0 unspecified atom stereocenters. The fourth-order valence-corrected chi connectivity index (χ4v) is 2.09. The lowest BCUT2D eigenvalue weighted by molar-refractivity contribution is 0.463. The Morgan fingerprint density at radius 1 is 1.00 bits per heavy atom. The second-order valence-corrected chi connectivity index (χ2v) is 4.54. The molecule has 0 radical (unpaired) electrons. The van der Waals surface area contributed by atoms with Gasteiger partial charge in [0, 0.05) is 6.07 Å². The van der Waals surface area contributed by atoms with Gasteiger partial charge in [-0.25, -0.2) is 0 Å². The van der Waals surface area contributed by atoms with Crippen molar-refractivity contribution in [2.75, 3.05) is 11.5 Å². The molecule has 1 heterocycles. The Labute approximate surface area is 121 Å². The summed E-state index contributed by atoms with van der Waals surface area (Å²) in [6.07, 6.45) is 0. The quantitative estimate of drug-likeness (QED) is 0.749. The average molecular weight is 276 g/mol. The third-order valence-corrected chi connectivity index (χ3v) is 3.08. The molecule has 0 spiro atoms. The normalized spacial score (nSPS) is 10.2. The molecule has 0 bridgehead atoms. The molecule has 0 fully saturated rings. The molecule has 2 aromatic carbocycles. The van der Waals surface area contributed by atoms with E-state index < -0.39 is 0 Å². The number of rotatable bonds is 2. The van der Waals surface area contributed by atoms with Crippen LogP contribution in [0.3, 0.4) is 0 Å². The zero-order valence-electron chi connectivity index (χ0n) is 11.1. The second-order valence-electron chi connectivity index (χ2n) is 4.54. The van der Waals surface area contributed by atoms with E-state index >= 15 is 0 Å². The van der Waals surface area contributed by atoms with E-state index in [4.69, 9.17) is 21.5 Å².